The van der Waals surface area contributed by atoms with Crippen LogP contribution >= 0.6 is 11.6 Å². The molecule has 0 radical (unpaired) electrons. The molecule has 1 fully saturated rings. The van der Waals surface area contributed by atoms with Gasteiger partial charge in [0.2, 0.25) is 0 Å². The molecular formula is C31H43ClO2. The zero-order valence-corrected chi connectivity index (χ0v) is 22.2. The van der Waals surface area contributed by atoms with Gasteiger partial charge in [-0.15, -0.1) is 5.92 Å². The molecule has 1 saturated carbocycles. The second-order valence-corrected chi connectivity index (χ2v) is 9.91. The molecule has 0 heterocycles. The molecular weight excluding hydrogens is 440 g/mol. The highest BCUT2D eigenvalue weighted by Gasteiger charge is 2.17. The summed E-state index contributed by atoms with van der Waals surface area (Å²) in [7, 11) is 0. The van der Waals surface area contributed by atoms with Crippen LogP contribution in [-0.2, 0) is 0 Å². The third-order valence-corrected chi connectivity index (χ3v) is 5.50. The lowest BCUT2D eigenvalue weighted by Gasteiger charge is -2.07. The minimum absolute atomic E-state index is 0. The highest BCUT2D eigenvalue weighted by Crippen LogP contribution is 2.27. The lowest BCUT2D eigenvalue weighted by Crippen LogP contribution is -1.96. The molecule has 0 aliphatic heterocycles. The van der Waals surface area contributed by atoms with Crippen molar-refractivity contribution >= 4 is 23.2 Å². The number of benzene rings is 2. The van der Waals surface area contributed by atoms with Gasteiger partial charge in [0.25, 0.3) is 0 Å². The second-order valence-electron chi connectivity index (χ2n) is 9.50. The first-order valence-corrected chi connectivity index (χ1v) is 12.2. The van der Waals surface area contributed by atoms with Gasteiger partial charge in [-0.2, -0.15) is 0 Å². The Labute approximate surface area is 213 Å². The van der Waals surface area contributed by atoms with Gasteiger partial charge in [-0.3, -0.25) is 9.59 Å². The van der Waals surface area contributed by atoms with Crippen molar-refractivity contribution in [3.05, 3.63) is 69.7 Å². The lowest BCUT2D eigenvalue weighted by molar-refractivity contribution is 0.100. The van der Waals surface area contributed by atoms with Crippen molar-refractivity contribution in [1.82, 2.24) is 0 Å². The normalized spacial score (nSPS) is 11.9. The molecule has 2 aromatic carbocycles. The van der Waals surface area contributed by atoms with Crippen molar-refractivity contribution < 1.29 is 9.59 Å². The number of Topliss-reactive ketones (excluding diaryl/α,β-unsaturated/α-hetero) is 2. The average molecular weight is 483 g/mol. The van der Waals surface area contributed by atoms with Crippen LogP contribution in [0.1, 0.15) is 119 Å². The Balaban J connectivity index is 0.000000486. The standard InChI is InChI=1S/C11H13ClO.C11H14O.C8H12.CH4/c1-7(2)9-4-5-11(12)10(6-9)8(3)13;1-8(2)10-4-6-11(7-5-10)9(3)12;1-7(2)3-4-8-5-6-8;/h4-7H,1-3H3;4-8H,1-3H3;7-8H,5-6H2,1-2H3;1H4. The van der Waals surface area contributed by atoms with Crippen LogP contribution in [0.4, 0.5) is 0 Å². The van der Waals surface area contributed by atoms with Crippen molar-refractivity contribution in [1.29, 1.82) is 0 Å². The first-order chi connectivity index (χ1) is 15.4. The molecule has 0 spiro atoms. The van der Waals surface area contributed by atoms with Gasteiger partial charge in [0.05, 0.1) is 5.02 Å². The summed E-state index contributed by atoms with van der Waals surface area (Å²) in [6.45, 7) is 15.9. The number of carbonyl (C=O) groups is 2. The third-order valence-electron chi connectivity index (χ3n) is 5.17. The Morgan fingerprint density at radius 2 is 1.32 bits per heavy atom. The topological polar surface area (TPSA) is 34.1 Å². The number of rotatable bonds is 4. The first kappa shape index (κ1) is 31.6. The van der Waals surface area contributed by atoms with E-state index in [0.29, 0.717) is 28.3 Å². The molecule has 2 aromatic rings. The molecule has 0 atom stereocenters. The van der Waals surface area contributed by atoms with Gasteiger partial charge in [0, 0.05) is 23.0 Å². The summed E-state index contributed by atoms with van der Waals surface area (Å²) in [5, 5.41) is 0.539. The maximum Gasteiger partial charge on any atom is 0.161 e. The van der Waals surface area contributed by atoms with E-state index in [1.807, 2.05) is 36.4 Å². The molecule has 2 nitrogen and oxygen atoms in total. The molecule has 0 bridgehead atoms. The summed E-state index contributed by atoms with van der Waals surface area (Å²) in [5.74, 6) is 8.81. The van der Waals surface area contributed by atoms with Gasteiger partial charge in [0.1, 0.15) is 0 Å². The van der Waals surface area contributed by atoms with Crippen LogP contribution in [0.25, 0.3) is 0 Å². The molecule has 1 aliphatic rings. The predicted molar refractivity (Wildman–Crippen MR) is 148 cm³/mol. The zero-order chi connectivity index (χ0) is 25.1. The van der Waals surface area contributed by atoms with Crippen LogP contribution in [0, 0.1) is 23.7 Å². The van der Waals surface area contributed by atoms with Gasteiger partial charge in [-0.05, 0) is 61.8 Å². The van der Waals surface area contributed by atoms with E-state index in [1.165, 1.54) is 25.3 Å². The average Bonchev–Trinajstić information content (AvgIpc) is 3.58. The molecule has 0 saturated heterocycles. The van der Waals surface area contributed by atoms with Crippen molar-refractivity contribution in [2.75, 3.05) is 0 Å². The molecule has 186 valence electrons. The fourth-order valence-corrected chi connectivity index (χ4v) is 3.04. The number of hydrogen-bond acceptors (Lipinski definition) is 2. The van der Waals surface area contributed by atoms with E-state index in [4.69, 9.17) is 11.6 Å². The van der Waals surface area contributed by atoms with E-state index in [2.05, 4.69) is 53.4 Å². The molecule has 3 rings (SSSR count). The molecule has 1 aliphatic carbocycles. The van der Waals surface area contributed by atoms with Crippen molar-refractivity contribution in [2.24, 2.45) is 11.8 Å². The van der Waals surface area contributed by atoms with E-state index in [1.54, 1.807) is 13.0 Å². The highest BCUT2D eigenvalue weighted by molar-refractivity contribution is 6.33. The van der Waals surface area contributed by atoms with E-state index >= 15 is 0 Å². The number of carbonyl (C=O) groups excluding carboxylic acids is 2. The second kappa shape index (κ2) is 15.5. The van der Waals surface area contributed by atoms with Gasteiger partial charge >= 0.3 is 0 Å². The summed E-state index contributed by atoms with van der Waals surface area (Å²) in [5.41, 5.74) is 3.84. The summed E-state index contributed by atoms with van der Waals surface area (Å²) in [4.78, 5) is 22.1. The van der Waals surface area contributed by atoms with E-state index < -0.39 is 0 Å². The quantitative estimate of drug-likeness (QED) is 0.321. The van der Waals surface area contributed by atoms with Gasteiger partial charge in [-0.1, -0.05) is 96.8 Å². The van der Waals surface area contributed by atoms with Gasteiger partial charge < -0.3 is 0 Å². The Morgan fingerprint density at radius 1 is 0.824 bits per heavy atom. The number of hydrogen-bond donors (Lipinski definition) is 0. The summed E-state index contributed by atoms with van der Waals surface area (Å²) < 4.78 is 0. The Bertz CT molecular complexity index is 963. The SMILES string of the molecule is C.CC(=O)c1cc(C(C)C)ccc1Cl.CC(=O)c1ccc(C(C)C)cc1.CC(C)C#CC1CC1. The Kier molecular flexibility index (Phi) is 14.4. The van der Waals surface area contributed by atoms with E-state index in [9.17, 15) is 9.59 Å². The molecule has 0 unspecified atom stereocenters. The lowest BCUT2D eigenvalue weighted by atomic mass is 10.00. The molecule has 0 N–H and O–H groups in total. The predicted octanol–water partition coefficient (Wildman–Crippen LogP) is 9.37. The minimum atomic E-state index is 0. The van der Waals surface area contributed by atoms with E-state index in [-0.39, 0.29) is 19.0 Å². The van der Waals surface area contributed by atoms with Gasteiger partial charge in [-0.25, -0.2) is 0 Å². The monoisotopic (exact) mass is 482 g/mol. The molecule has 0 aromatic heterocycles. The summed E-state index contributed by atoms with van der Waals surface area (Å²) in [6.07, 6.45) is 2.69. The first-order valence-electron chi connectivity index (χ1n) is 11.8. The van der Waals surface area contributed by atoms with Crippen molar-refractivity contribution in [3.63, 3.8) is 0 Å². The maximum absolute atomic E-state index is 11.2. The smallest absolute Gasteiger partial charge is 0.161 e. The fourth-order valence-electron chi connectivity index (χ4n) is 2.79. The van der Waals surface area contributed by atoms with E-state index in [0.717, 1.165) is 17.0 Å². The largest absolute Gasteiger partial charge is 0.295 e. The third kappa shape index (κ3) is 12.2. The van der Waals surface area contributed by atoms with Crippen LogP contribution in [0.3, 0.4) is 0 Å². The Hall–Kier alpha value is -2.37. The number of halogens is 1. The van der Waals surface area contributed by atoms with Crippen LogP contribution in [0.15, 0.2) is 42.5 Å². The highest BCUT2D eigenvalue weighted by atomic mass is 35.5. The minimum Gasteiger partial charge on any atom is -0.295 e. The van der Waals surface area contributed by atoms with Crippen molar-refractivity contribution in [3.8, 4) is 11.8 Å². The van der Waals surface area contributed by atoms with Crippen LogP contribution in [0.2, 0.25) is 5.02 Å². The molecule has 3 heteroatoms. The maximum atomic E-state index is 11.2. The fraction of sp³-hybridized carbons (Fsp3) is 0.484. The summed E-state index contributed by atoms with van der Waals surface area (Å²) >= 11 is 5.88. The molecule has 0 amide bonds. The zero-order valence-electron chi connectivity index (χ0n) is 21.5. The van der Waals surface area contributed by atoms with Crippen LogP contribution < -0.4 is 0 Å². The van der Waals surface area contributed by atoms with Crippen LogP contribution in [-0.4, -0.2) is 11.6 Å². The van der Waals surface area contributed by atoms with Crippen molar-refractivity contribution in [2.45, 2.75) is 87.5 Å². The van der Waals surface area contributed by atoms with Gasteiger partial charge in [0.15, 0.2) is 11.6 Å². The summed E-state index contributed by atoms with van der Waals surface area (Å²) in [6, 6.07) is 13.4. The number of ketones is 2. The van der Waals surface area contributed by atoms with Crippen LogP contribution in [0.5, 0.6) is 0 Å². The Morgan fingerprint density at radius 3 is 1.71 bits per heavy atom. The molecule has 34 heavy (non-hydrogen) atoms.